The number of nitrogens with one attached hydrogen (secondary N) is 2. The third-order valence-corrected chi connectivity index (χ3v) is 21.6. The predicted octanol–water partition coefficient (Wildman–Crippen LogP) is 12.1. The monoisotopic (exact) mass is 1520 g/mol. The Bertz CT molecular complexity index is 3530. The van der Waals surface area contributed by atoms with Gasteiger partial charge in [0.25, 0.3) is 0 Å². The van der Waals surface area contributed by atoms with Gasteiger partial charge >= 0.3 is 5.97 Å². The van der Waals surface area contributed by atoms with E-state index in [4.69, 9.17) is 59.9 Å². The van der Waals surface area contributed by atoms with Gasteiger partial charge in [0.1, 0.15) is 46.9 Å². The van der Waals surface area contributed by atoms with E-state index in [-0.39, 0.29) is 70.1 Å². The predicted molar refractivity (Wildman–Crippen MR) is 421 cm³/mol. The fourth-order valence-electron chi connectivity index (χ4n) is 14.3. The lowest BCUT2D eigenvalue weighted by Crippen LogP contribution is -2.48. The summed E-state index contributed by atoms with van der Waals surface area (Å²) >= 11 is 19.2. The average Bonchev–Trinajstić information content (AvgIpc) is 1.44. The molecule has 106 heavy (non-hydrogen) atoms. The maximum Gasteiger partial charge on any atom is 0.308 e. The fourth-order valence-corrected chi connectivity index (χ4v) is 15.0. The summed E-state index contributed by atoms with van der Waals surface area (Å²) in [6.45, 7) is 12.3. The molecule has 9 fully saturated rings. The number of carbonyl (C=O) groups excluding carboxylic acids is 2. The molecule has 9 atom stereocenters. The lowest BCUT2D eigenvalue weighted by Gasteiger charge is -2.30. The molecule has 22 nitrogen and oxygen atoms in total. The number of ether oxygens (including phenoxy) is 3. The van der Waals surface area contributed by atoms with Crippen LogP contribution in [0.4, 0.5) is 17.5 Å². The molecule has 2 amide bonds. The van der Waals surface area contributed by atoms with Gasteiger partial charge in [-0.15, -0.1) is 0 Å². The van der Waals surface area contributed by atoms with E-state index in [1.165, 1.54) is 12.8 Å². The van der Waals surface area contributed by atoms with Crippen molar-refractivity contribution in [2.24, 2.45) is 23.5 Å². The summed E-state index contributed by atoms with van der Waals surface area (Å²) < 4.78 is 17.4. The van der Waals surface area contributed by atoms with Crippen molar-refractivity contribution in [2.45, 2.75) is 173 Å². The number of aliphatic carboxylic acids is 1. The van der Waals surface area contributed by atoms with Crippen LogP contribution < -0.4 is 45.3 Å². The van der Waals surface area contributed by atoms with Gasteiger partial charge in [0.2, 0.25) is 11.8 Å². The van der Waals surface area contributed by atoms with Gasteiger partial charge in [-0.25, -0.2) is 15.0 Å². The highest BCUT2D eigenvalue weighted by atomic mass is 35.5. The Kier molecular flexibility index (Phi) is 31.6. The van der Waals surface area contributed by atoms with Crippen molar-refractivity contribution >= 4 is 70.0 Å². The summed E-state index contributed by atoms with van der Waals surface area (Å²) in [5.41, 5.74) is 8.29. The number of anilines is 3. The lowest BCUT2D eigenvalue weighted by atomic mass is 10.00. The van der Waals surface area contributed by atoms with Gasteiger partial charge in [-0.05, 0) is 225 Å². The number of hydrogen-bond acceptors (Lipinski definition) is 19. The van der Waals surface area contributed by atoms with Crippen LogP contribution in [-0.4, -0.2) is 202 Å². The van der Waals surface area contributed by atoms with Crippen LogP contribution >= 0.6 is 34.8 Å². The molecule has 6 aliphatic heterocycles. The molecule has 6 aromatic rings. The summed E-state index contributed by atoms with van der Waals surface area (Å²) in [5, 5.41) is 49.8. The zero-order valence-electron chi connectivity index (χ0n) is 58.7. The molecule has 9 aliphatic rings. The number of aromatic nitrogens is 3. The number of likely N-dealkylation sites (tertiary alicyclic amines) is 3. The standard InChI is InChI=1S/2C26H33ClN4O3.C16H23ClN2O2.C10H12N2O2.3CH4/c2*27-21-15-18(6-9-23(21)34-20-7-8-20)25(32)22(17-30-12-3-4-13-30)29-26(33)19-10-14-31(16-19)24-5-1-2-11-28-24;17-13-9-11(3-6-15(13)21-12-4-5-12)16(20)14(18)10-19-7-1-2-8-19;13-10(14)8-4-6-12(7-8)9-3-1-2-5-11-9;;;/h2*1-2,5-6,9,11,15,19-20,22,25,32H,3-4,7-8,10,12-14,16-17H2,(H,29,33);3,6,9,12,14,16,20H,1-2,4-5,7-8,10,18H2;1-3,5,8H,4,6-7H2,(H,13,14);3*1H4/t19-,22+,25+;19-,22-,25-;14-,16-;;;;/m011..../s1. The Morgan fingerprint density at radius 1 is 0.434 bits per heavy atom. The summed E-state index contributed by atoms with van der Waals surface area (Å²) in [5.74, 6) is 3.44. The Labute approximate surface area is 642 Å². The van der Waals surface area contributed by atoms with Crippen LogP contribution in [0.15, 0.2) is 128 Å². The maximum absolute atomic E-state index is 13.3. The Balaban J connectivity index is 0.000000170. The first kappa shape index (κ1) is 83.0. The van der Waals surface area contributed by atoms with Gasteiger partial charge in [0, 0.05) is 83.5 Å². The van der Waals surface area contributed by atoms with Crippen molar-refractivity contribution in [2.75, 3.05) is 113 Å². The number of nitrogens with two attached hydrogens (primary N) is 1. The molecule has 3 saturated carbocycles. The van der Waals surface area contributed by atoms with Crippen LogP contribution in [0.25, 0.3) is 0 Å². The first-order valence-corrected chi connectivity index (χ1v) is 38.3. The van der Waals surface area contributed by atoms with Crippen molar-refractivity contribution in [3.8, 4) is 17.2 Å². The highest BCUT2D eigenvalue weighted by Crippen LogP contribution is 2.38. The number of aliphatic hydroxyl groups excluding tert-OH is 3. The van der Waals surface area contributed by atoms with E-state index in [2.05, 4.69) is 50.1 Å². The number of carbonyl (C=O) groups is 3. The normalized spacial score (nSPS) is 21.7. The molecular weight excluding hydrogens is 1410 g/mol. The summed E-state index contributed by atoms with van der Waals surface area (Å²) in [6, 6.07) is 32.6. The topological polar surface area (TPSA) is 268 Å². The quantitative estimate of drug-likeness (QED) is 0.0266. The molecule has 578 valence electrons. The largest absolute Gasteiger partial charge is 0.489 e. The molecule has 3 aliphatic carbocycles. The van der Waals surface area contributed by atoms with Crippen molar-refractivity contribution in [1.82, 2.24) is 40.3 Å². The Morgan fingerprint density at radius 2 is 0.745 bits per heavy atom. The molecule has 25 heteroatoms. The Hall–Kier alpha value is -7.09. The molecule has 6 saturated heterocycles. The molecule has 0 bridgehead atoms. The van der Waals surface area contributed by atoms with E-state index in [0.717, 1.165) is 166 Å². The van der Waals surface area contributed by atoms with Crippen molar-refractivity contribution < 1.29 is 49.0 Å². The zero-order valence-corrected chi connectivity index (χ0v) is 61.0. The molecular formula is C81H113Cl3N12O10. The molecule has 9 heterocycles. The number of carboxylic acid groups (broad SMARTS) is 1. The minimum absolute atomic E-state index is 0. The van der Waals surface area contributed by atoms with Crippen LogP contribution in [0.3, 0.4) is 0 Å². The zero-order chi connectivity index (χ0) is 71.8. The smallest absolute Gasteiger partial charge is 0.308 e. The molecule has 0 spiro atoms. The molecule has 3 aromatic carbocycles. The number of carboxylic acids is 1. The van der Waals surface area contributed by atoms with Crippen LogP contribution in [0.2, 0.25) is 15.1 Å². The van der Waals surface area contributed by atoms with Crippen LogP contribution in [0.5, 0.6) is 17.2 Å². The number of pyridine rings is 3. The highest BCUT2D eigenvalue weighted by Gasteiger charge is 2.37. The number of halogens is 3. The molecule has 0 radical (unpaired) electrons. The number of amides is 2. The van der Waals surface area contributed by atoms with E-state index >= 15 is 0 Å². The second-order valence-electron chi connectivity index (χ2n) is 29.0. The highest BCUT2D eigenvalue weighted by molar-refractivity contribution is 6.32. The van der Waals surface area contributed by atoms with E-state index in [0.29, 0.717) is 88.7 Å². The lowest BCUT2D eigenvalue weighted by molar-refractivity contribution is -0.141. The van der Waals surface area contributed by atoms with Gasteiger partial charge < -0.3 is 80.4 Å². The van der Waals surface area contributed by atoms with Gasteiger partial charge in [0.15, 0.2) is 0 Å². The van der Waals surface area contributed by atoms with Crippen LogP contribution in [0, 0.1) is 17.8 Å². The van der Waals surface area contributed by atoms with Gasteiger partial charge in [0.05, 0.1) is 69.3 Å². The van der Waals surface area contributed by atoms with Crippen molar-refractivity contribution in [3.63, 3.8) is 0 Å². The molecule has 8 N–H and O–H groups in total. The van der Waals surface area contributed by atoms with E-state index in [9.17, 15) is 29.7 Å². The van der Waals surface area contributed by atoms with E-state index in [1.807, 2.05) is 95.9 Å². The minimum Gasteiger partial charge on any atom is -0.489 e. The third kappa shape index (κ3) is 24.0. The maximum atomic E-state index is 13.3. The van der Waals surface area contributed by atoms with Crippen LogP contribution in [-0.2, 0) is 14.4 Å². The number of hydrogen-bond donors (Lipinski definition) is 7. The third-order valence-electron chi connectivity index (χ3n) is 20.7. The number of benzene rings is 3. The second-order valence-corrected chi connectivity index (χ2v) is 30.2. The number of nitrogens with zero attached hydrogens (tertiary/aromatic N) is 9. The molecule has 1 unspecified atom stereocenters. The first-order valence-electron chi connectivity index (χ1n) is 37.2. The molecule has 15 rings (SSSR count). The first-order chi connectivity index (χ1) is 50.0. The average molecular weight is 1520 g/mol. The van der Waals surface area contributed by atoms with Gasteiger partial charge in [-0.2, -0.15) is 0 Å². The second kappa shape index (κ2) is 40.4. The number of aliphatic hydroxyl groups is 3. The summed E-state index contributed by atoms with van der Waals surface area (Å²) in [7, 11) is 0. The SMILES string of the molecule is C.C.C.N[C@H](CN1CCCC1)[C@H](O)c1ccc(OC2CC2)c(Cl)c1.O=C(N[C@H](CN1CCCC1)[C@H](O)c1ccc(OC2CC2)c(Cl)c1)[C@@H]1CCN(c2ccccn2)C1.O=C(N[C@H](CN1CCCC1)[C@H](O)c1ccc(OC2CC2)c(Cl)c1)[C@H]1CCN(c2ccccn2)C1.O=C(O)C1CCN(c2ccccn2)C1. The minimum atomic E-state index is -0.856. The van der Waals surface area contributed by atoms with Crippen LogP contribution in [0.1, 0.15) is 154 Å². The fraction of sp³-hybridized carbons (Fsp3) is 0.556. The Morgan fingerprint density at radius 3 is 1.04 bits per heavy atom. The van der Waals surface area contributed by atoms with Crippen molar-refractivity contribution in [1.29, 1.82) is 0 Å². The molecule has 3 aromatic heterocycles. The van der Waals surface area contributed by atoms with Gasteiger partial charge in [-0.1, -0.05) is 93.5 Å². The van der Waals surface area contributed by atoms with E-state index in [1.54, 1.807) is 36.8 Å². The summed E-state index contributed by atoms with van der Waals surface area (Å²) in [4.78, 5) is 63.5. The summed E-state index contributed by atoms with van der Waals surface area (Å²) in [6.07, 6.45) is 19.4. The number of rotatable bonds is 26. The van der Waals surface area contributed by atoms with Crippen molar-refractivity contribution in [3.05, 3.63) is 160 Å². The van der Waals surface area contributed by atoms with Gasteiger partial charge in [-0.3, -0.25) is 14.4 Å². The van der Waals surface area contributed by atoms with E-state index < -0.39 is 36.4 Å².